The smallest absolute Gasteiger partial charge is 0.409 e. The van der Waals surface area contributed by atoms with E-state index in [9.17, 15) is 0 Å². The predicted octanol–water partition coefficient (Wildman–Crippen LogP) is 8.79. The Kier molecular flexibility index (Phi) is 18.3. The van der Waals surface area contributed by atoms with Crippen molar-refractivity contribution >= 4 is 8.60 Å². The van der Waals surface area contributed by atoms with E-state index in [0.717, 1.165) is 18.4 Å². The van der Waals surface area contributed by atoms with Gasteiger partial charge in [0.1, 0.15) is 17.2 Å². The first-order valence-electron chi connectivity index (χ1n) is 12.6. The zero-order valence-corrected chi connectivity index (χ0v) is 25.7. The van der Waals surface area contributed by atoms with Crippen molar-refractivity contribution in [2.75, 3.05) is 0 Å². The van der Waals surface area contributed by atoms with E-state index >= 15 is 0 Å². The molecule has 0 unspecified atom stereocenters. The van der Waals surface area contributed by atoms with Crippen LogP contribution in [0.5, 0.6) is 17.2 Å². The van der Waals surface area contributed by atoms with Gasteiger partial charge in [0.25, 0.3) is 0 Å². The topological polar surface area (TPSA) is 67.5 Å². The predicted molar refractivity (Wildman–Crippen MR) is 160 cm³/mol. The quantitative estimate of drug-likeness (QED) is 0.0846. The molecule has 0 aliphatic heterocycles. The van der Waals surface area contributed by atoms with Gasteiger partial charge >= 0.3 is 31.2 Å². The Morgan fingerprint density at radius 3 is 1.48 bits per heavy atom. The second-order valence-corrected chi connectivity index (χ2v) is 9.03. The second-order valence-electron chi connectivity index (χ2n) is 8.03. The third-order valence-corrected chi connectivity index (χ3v) is 6.21. The molecule has 0 bridgehead atoms. The van der Waals surface area contributed by atoms with Crippen molar-refractivity contribution in [1.82, 2.24) is 0 Å². The molecule has 219 valence electrons. The van der Waals surface area contributed by atoms with Crippen LogP contribution in [0.15, 0.2) is 133 Å². The fourth-order valence-corrected chi connectivity index (χ4v) is 4.29. The van der Waals surface area contributed by atoms with E-state index in [1.165, 1.54) is 0 Å². The molecule has 4 aromatic rings. The maximum Gasteiger partial charge on any atom is 0.530 e. The Hall–Kier alpha value is -5.51. The Labute approximate surface area is 244 Å². The molecule has 1 aliphatic carbocycles. The van der Waals surface area contributed by atoms with Crippen LogP contribution >= 0.6 is 8.60 Å². The van der Waals surface area contributed by atoms with Gasteiger partial charge in [-0.25, -0.2) is 0 Å². The molecule has 0 N–H and O–H groups in total. The second kappa shape index (κ2) is 22.3. The van der Waals surface area contributed by atoms with Crippen LogP contribution in [-0.2, 0) is 9.30 Å². The molecule has 0 fully saturated rings. The minimum Gasteiger partial charge on any atom is -0.409 e. The number of hydrogen-bond acceptors (Lipinski definition) is 3. The molecule has 0 heterocycles. The summed E-state index contributed by atoms with van der Waals surface area (Å²) in [5.74, 6) is 8.90. The van der Waals surface area contributed by atoms with Gasteiger partial charge in [0, 0.05) is 5.56 Å². The first-order chi connectivity index (χ1) is 20.3. The number of rotatable bonds is 6. The third kappa shape index (κ3) is 14.0. The van der Waals surface area contributed by atoms with Crippen molar-refractivity contribution in [3.05, 3.63) is 165 Å². The van der Waals surface area contributed by atoms with Gasteiger partial charge in [-0.05, 0) is 55.0 Å². The number of benzene rings is 4. The molecule has 0 spiro atoms. The van der Waals surface area contributed by atoms with Gasteiger partial charge in [0.05, 0.1) is 0 Å². The van der Waals surface area contributed by atoms with Gasteiger partial charge in [-0.1, -0.05) is 97.1 Å². The largest absolute Gasteiger partial charge is 0.530 e. The van der Waals surface area contributed by atoms with Crippen molar-refractivity contribution < 1.29 is 22.9 Å². The SMILES string of the molecule is C(#C[C@H]1C=C[CH]CC[CH-]1)c1ccccc1.[C-]#[O+].[C-]#[O+].[No].c1ccc(OP(Oc2ccccc2)Oc2ccccc2)cc1. The molecular formula is C35H29NoO5P-. The molecule has 4 aromatic carbocycles. The van der Waals surface area contributed by atoms with Crippen LogP contribution in [-0.4, -0.2) is 0 Å². The van der Waals surface area contributed by atoms with Crippen molar-refractivity contribution in [1.29, 1.82) is 0 Å². The normalized spacial score (nSPS) is 12.6. The third-order valence-electron chi connectivity index (χ3n) is 5.13. The fourth-order valence-electron chi connectivity index (χ4n) is 3.30. The summed E-state index contributed by atoms with van der Waals surface area (Å²) in [7, 11) is -1.59. The molecule has 42 heavy (non-hydrogen) atoms. The van der Waals surface area contributed by atoms with Crippen LogP contribution in [0.3, 0.4) is 0 Å². The van der Waals surface area contributed by atoms with E-state index in [0.29, 0.717) is 23.2 Å². The van der Waals surface area contributed by atoms with Crippen molar-refractivity contribution in [2.45, 2.75) is 12.8 Å². The Balaban J connectivity index is 0.000000387. The minimum atomic E-state index is -1.59. The molecule has 1 atom stereocenters. The molecule has 1 radical (unpaired) electrons. The molecule has 0 saturated carbocycles. The number of allylic oxidation sites excluding steroid dienone is 2. The maximum atomic E-state index is 7.50. The van der Waals surface area contributed by atoms with Crippen molar-refractivity contribution in [3.63, 3.8) is 0 Å². The molecule has 1 aliphatic rings. The summed E-state index contributed by atoms with van der Waals surface area (Å²) in [5.41, 5.74) is 1.09. The van der Waals surface area contributed by atoms with E-state index in [1.807, 2.05) is 121 Å². The number of para-hydroxylation sites is 3. The van der Waals surface area contributed by atoms with Crippen LogP contribution in [0.4, 0.5) is 0 Å². The molecule has 0 aromatic heterocycles. The summed E-state index contributed by atoms with van der Waals surface area (Å²) in [5, 5.41) is 0. The summed E-state index contributed by atoms with van der Waals surface area (Å²) in [4.78, 5) is 0. The molecular weight excluding hydrogens is 790 g/mol. The monoisotopic (exact) mass is 819 g/mol. The van der Waals surface area contributed by atoms with Crippen molar-refractivity contribution in [2.24, 2.45) is 5.92 Å². The van der Waals surface area contributed by atoms with E-state index in [1.54, 1.807) is 0 Å². The van der Waals surface area contributed by atoms with E-state index in [4.69, 9.17) is 22.9 Å². The van der Waals surface area contributed by atoms with Crippen LogP contribution in [0.25, 0.3) is 0 Å². The standard InChI is InChI=1S/C18H15O3P.C15H14.2CO.No/c1-4-10-16(11-5-1)19-22(20-17-12-6-2-7-13-17)21-18-14-8-3-9-15-18;1-2-5-9-14(8-4-1)12-13-15-10-6-3-7-11-15;2*1-2;/h1-15H;1,3-4,6-11,14H,2,5H2;;;/q;-1;;;/t;14-;;;/m.0.../s1. The first-order valence-corrected chi connectivity index (χ1v) is 13.7. The summed E-state index contributed by atoms with van der Waals surface area (Å²) in [6.45, 7) is 9.00. The Morgan fingerprint density at radius 1 is 0.643 bits per heavy atom. The Bertz CT molecular complexity index is 1250. The van der Waals surface area contributed by atoms with E-state index in [-0.39, 0.29) is 0 Å². The first kappa shape index (κ1) is 34.5. The summed E-state index contributed by atoms with van der Waals surface area (Å²) >= 11 is 0. The minimum absolute atomic E-state index is 0. The van der Waals surface area contributed by atoms with Crippen LogP contribution in [0.2, 0.25) is 0 Å². The summed E-state index contributed by atoms with van der Waals surface area (Å²) in [6, 6.07) is 38.6. The van der Waals surface area contributed by atoms with Gasteiger partial charge < -0.3 is 20.0 Å². The Morgan fingerprint density at radius 2 is 1.05 bits per heavy atom. The van der Waals surface area contributed by atoms with Crippen LogP contribution in [0.1, 0.15) is 18.4 Å². The van der Waals surface area contributed by atoms with Gasteiger partial charge in [-0.3, -0.25) is 0 Å². The zero-order valence-electron chi connectivity index (χ0n) is 22.6. The van der Waals surface area contributed by atoms with Gasteiger partial charge in [0.2, 0.25) is 0 Å². The van der Waals surface area contributed by atoms with E-state index < -0.39 is 8.60 Å². The van der Waals surface area contributed by atoms with Gasteiger partial charge in [-0.15, -0.1) is 12.0 Å². The van der Waals surface area contributed by atoms with Gasteiger partial charge in [0.15, 0.2) is 0 Å². The molecule has 0 amide bonds. The number of hydrogen-bond donors (Lipinski definition) is 0. The molecule has 5 rings (SSSR count). The molecule has 7 heteroatoms. The molecule has 5 nitrogen and oxygen atoms in total. The average Bonchev–Trinajstić information content (AvgIpc) is 3.33. The molecule has 0 saturated heterocycles. The maximum absolute atomic E-state index is 7.50. The van der Waals surface area contributed by atoms with E-state index in [2.05, 4.69) is 50.1 Å². The van der Waals surface area contributed by atoms with Crippen molar-refractivity contribution in [3.8, 4) is 29.1 Å². The summed E-state index contributed by atoms with van der Waals surface area (Å²) in [6.07, 6.45) is 11.0. The van der Waals surface area contributed by atoms with Crippen LogP contribution in [0, 0.1) is 43.9 Å². The van der Waals surface area contributed by atoms with Crippen LogP contribution < -0.4 is 13.6 Å². The fraction of sp³-hybridized carbons (Fsp3) is 0.0857. The average molecular weight is 820 g/mol. The zero-order chi connectivity index (χ0) is 29.4. The van der Waals surface area contributed by atoms with Gasteiger partial charge in [-0.2, -0.15) is 6.42 Å². The summed E-state index contributed by atoms with van der Waals surface area (Å²) < 4.78 is 32.5.